The van der Waals surface area contributed by atoms with E-state index in [0.717, 1.165) is 26.1 Å². The summed E-state index contributed by atoms with van der Waals surface area (Å²) in [5.41, 5.74) is -0.0406. The summed E-state index contributed by atoms with van der Waals surface area (Å²) >= 11 is 0. The maximum Gasteiger partial charge on any atom is 0.0971 e. The van der Waals surface area contributed by atoms with E-state index in [9.17, 15) is 5.11 Å². The first-order chi connectivity index (χ1) is 7.88. The fourth-order valence-electron chi connectivity index (χ4n) is 2.19. The predicted molar refractivity (Wildman–Crippen MR) is 68.1 cm³/mol. The molecular weight excluding hydrogens is 218 g/mol. The first kappa shape index (κ1) is 14.9. The Labute approximate surface area is 105 Å². The second-order valence-corrected chi connectivity index (χ2v) is 5.98. The highest BCUT2D eigenvalue weighted by atomic mass is 16.5. The minimum atomic E-state index is -0.259. The van der Waals surface area contributed by atoms with Crippen LogP contribution >= 0.6 is 0 Å². The van der Waals surface area contributed by atoms with Crippen LogP contribution in [0.25, 0.3) is 0 Å². The van der Waals surface area contributed by atoms with Crippen LogP contribution in [0.3, 0.4) is 0 Å². The first-order valence-electron chi connectivity index (χ1n) is 6.34. The molecule has 0 spiro atoms. The van der Waals surface area contributed by atoms with Gasteiger partial charge in [0.2, 0.25) is 0 Å². The van der Waals surface area contributed by atoms with Gasteiger partial charge in [0.15, 0.2) is 0 Å². The summed E-state index contributed by atoms with van der Waals surface area (Å²) in [6.07, 6.45) is 0.861. The molecule has 0 aromatic rings. The number of aliphatic hydroxyl groups excluding tert-OH is 1. The van der Waals surface area contributed by atoms with Gasteiger partial charge in [0.05, 0.1) is 18.3 Å². The molecule has 0 aromatic carbocycles. The minimum absolute atomic E-state index is 0.0406. The zero-order valence-electron chi connectivity index (χ0n) is 11.8. The molecule has 102 valence electrons. The van der Waals surface area contributed by atoms with E-state index in [0.29, 0.717) is 0 Å². The van der Waals surface area contributed by atoms with Crippen molar-refractivity contribution >= 4 is 0 Å². The van der Waals surface area contributed by atoms with Crippen LogP contribution in [0.15, 0.2) is 0 Å². The second kappa shape index (κ2) is 6.14. The van der Waals surface area contributed by atoms with Gasteiger partial charge in [0.25, 0.3) is 0 Å². The third-order valence-corrected chi connectivity index (χ3v) is 3.61. The van der Waals surface area contributed by atoms with E-state index in [1.54, 1.807) is 14.2 Å². The van der Waals surface area contributed by atoms with E-state index in [1.807, 2.05) is 0 Å². The van der Waals surface area contributed by atoms with Gasteiger partial charge < -0.3 is 14.6 Å². The van der Waals surface area contributed by atoms with Crippen LogP contribution in [-0.2, 0) is 9.47 Å². The summed E-state index contributed by atoms with van der Waals surface area (Å²) in [4.78, 5) is 2.30. The average molecular weight is 245 g/mol. The van der Waals surface area contributed by atoms with Crippen molar-refractivity contribution in [2.45, 2.75) is 45.5 Å². The molecule has 4 heteroatoms. The maximum absolute atomic E-state index is 10.0. The van der Waals surface area contributed by atoms with Crippen molar-refractivity contribution in [3.05, 3.63) is 0 Å². The molecule has 0 aromatic heterocycles. The lowest BCUT2D eigenvalue weighted by Gasteiger charge is -2.27. The van der Waals surface area contributed by atoms with Crippen molar-refractivity contribution in [2.24, 2.45) is 5.41 Å². The van der Waals surface area contributed by atoms with Crippen LogP contribution in [0.4, 0.5) is 0 Å². The highest BCUT2D eigenvalue weighted by Crippen LogP contribution is 2.23. The van der Waals surface area contributed by atoms with Crippen molar-refractivity contribution in [3.8, 4) is 0 Å². The number of hydrogen-bond acceptors (Lipinski definition) is 4. The standard InChI is InChI=1S/C13H27NO3/c1-13(2,3)12(15)6-7-14-8-10(16-4)11(9-14)17-5/h10-12,15H,6-9H2,1-5H3. The third-order valence-electron chi connectivity index (χ3n) is 3.61. The topological polar surface area (TPSA) is 41.9 Å². The zero-order chi connectivity index (χ0) is 13.1. The van der Waals surface area contributed by atoms with Gasteiger partial charge >= 0.3 is 0 Å². The number of rotatable bonds is 5. The molecule has 1 saturated heterocycles. The Balaban J connectivity index is 2.35. The van der Waals surface area contributed by atoms with Gasteiger partial charge in [-0.3, -0.25) is 4.90 Å². The van der Waals surface area contributed by atoms with Gasteiger partial charge in [-0.1, -0.05) is 20.8 Å². The quantitative estimate of drug-likeness (QED) is 0.788. The van der Waals surface area contributed by atoms with Crippen molar-refractivity contribution in [2.75, 3.05) is 33.9 Å². The molecule has 0 bridgehead atoms. The summed E-state index contributed by atoms with van der Waals surface area (Å²) in [5, 5.41) is 10.0. The largest absolute Gasteiger partial charge is 0.393 e. The van der Waals surface area contributed by atoms with Crippen LogP contribution in [-0.4, -0.2) is 62.2 Å². The summed E-state index contributed by atoms with van der Waals surface area (Å²) in [6.45, 7) is 8.89. The van der Waals surface area contributed by atoms with Crippen molar-refractivity contribution in [1.82, 2.24) is 4.90 Å². The van der Waals surface area contributed by atoms with Crippen LogP contribution in [0.2, 0.25) is 0 Å². The van der Waals surface area contributed by atoms with Gasteiger partial charge in [-0.2, -0.15) is 0 Å². The molecular formula is C13H27NO3. The Kier molecular flexibility index (Phi) is 5.38. The summed E-state index contributed by atoms with van der Waals surface area (Å²) in [5.74, 6) is 0. The van der Waals surface area contributed by atoms with Crippen LogP contribution in [0, 0.1) is 5.41 Å². The number of ether oxygens (including phenoxy) is 2. The van der Waals surface area contributed by atoms with E-state index in [4.69, 9.17) is 9.47 Å². The molecule has 17 heavy (non-hydrogen) atoms. The van der Waals surface area contributed by atoms with E-state index in [2.05, 4.69) is 25.7 Å². The molecule has 1 aliphatic heterocycles. The highest BCUT2D eigenvalue weighted by molar-refractivity contribution is 4.86. The van der Waals surface area contributed by atoms with Crippen molar-refractivity contribution in [3.63, 3.8) is 0 Å². The number of methoxy groups -OCH3 is 2. The highest BCUT2D eigenvalue weighted by Gasteiger charge is 2.33. The molecule has 1 N–H and O–H groups in total. The molecule has 1 fully saturated rings. The summed E-state index contributed by atoms with van der Waals surface area (Å²) < 4.78 is 10.8. The van der Waals surface area contributed by atoms with Gasteiger partial charge in [0, 0.05) is 33.9 Å². The SMILES string of the molecule is COC1CN(CCC(O)C(C)(C)C)CC1OC. The van der Waals surface area contributed by atoms with E-state index in [1.165, 1.54) is 0 Å². The molecule has 3 atom stereocenters. The van der Waals surface area contributed by atoms with Crippen molar-refractivity contribution < 1.29 is 14.6 Å². The predicted octanol–water partition coefficient (Wildman–Crippen LogP) is 1.13. The lowest BCUT2D eigenvalue weighted by Crippen LogP contribution is -2.32. The van der Waals surface area contributed by atoms with Crippen LogP contribution in [0.1, 0.15) is 27.2 Å². The van der Waals surface area contributed by atoms with Gasteiger partial charge in [-0.25, -0.2) is 0 Å². The lowest BCUT2D eigenvalue weighted by atomic mass is 9.87. The Morgan fingerprint density at radius 2 is 1.65 bits per heavy atom. The Hall–Kier alpha value is -0.160. The molecule has 1 heterocycles. The van der Waals surface area contributed by atoms with E-state index >= 15 is 0 Å². The summed E-state index contributed by atoms with van der Waals surface area (Å²) in [6, 6.07) is 0. The normalized spacial score (nSPS) is 28.6. The zero-order valence-corrected chi connectivity index (χ0v) is 11.8. The Bertz CT molecular complexity index is 215. The molecule has 1 aliphatic rings. The molecule has 0 saturated carbocycles. The minimum Gasteiger partial charge on any atom is -0.393 e. The maximum atomic E-state index is 10.0. The van der Waals surface area contributed by atoms with Crippen LogP contribution in [0.5, 0.6) is 0 Å². The molecule has 1 rings (SSSR count). The number of hydrogen-bond donors (Lipinski definition) is 1. The van der Waals surface area contributed by atoms with Gasteiger partial charge in [0.1, 0.15) is 0 Å². The summed E-state index contributed by atoms with van der Waals surface area (Å²) in [7, 11) is 3.45. The fraction of sp³-hybridized carbons (Fsp3) is 1.00. The monoisotopic (exact) mass is 245 g/mol. The van der Waals surface area contributed by atoms with Gasteiger partial charge in [-0.05, 0) is 11.8 Å². The molecule has 0 amide bonds. The van der Waals surface area contributed by atoms with Gasteiger partial charge in [-0.15, -0.1) is 0 Å². The van der Waals surface area contributed by atoms with E-state index in [-0.39, 0.29) is 23.7 Å². The molecule has 0 radical (unpaired) electrons. The third kappa shape index (κ3) is 4.21. The molecule has 3 unspecified atom stereocenters. The molecule has 4 nitrogen and oxygen atoms in total. The fourth-order valence-corrected chi connectivity index (χ4v) is 2.19. The van der Waals surface area contributed by atoms with Crippen LogP contribution < -0.4 is 0 Å². The van der Waals surface area contributed by atoms with Crippen molar-refractivity contribution in [1.29, 1.82) is 0 Å². The average Bonchev–Trinajstić information content (AvgIpc) is 2.66. The smallest absolute Gasteiger partial charge is 0.0971 e. The number of likely N-dealkylation sites (tertiary alicyclic amines) is 1. The lowest BCUT2D eigenvalue weighted by molar-refractivity contribution is -0.00461. The first-order valence-corrected chi connectivity index (χ1v) is 6.34. The second-order valence-electron chi connectivity index (χ2n) is 5.98. The number of nitrogens with zero attached hydrogens (tertiary/aromatic N) is 1. The molecule has 0 aliphatic carbocycles. The Morgan fingerprint density at radius 1 is 1.18 bits per heavy atom. The van der Waals surface area contributed by atoms with E-state index < -0.39 is 0 Å². The number of aliphatic hydroxyl groups is 1. The Morgan fingerprint density at radius 3 is 2.00 bits per heavy atom.